The minimum Gasteiger partial charge on any atom is -0.385 e. The van der Waals surface area contributed by atoms with Crippen LogP contribution in [-0.2, 0) is 0 Å². The molecule has 3 rings (SSSR count). The smallest absolute Gasteiger partial charge is 0.144 e. The molecule has 0 aliphatic carbocycles. The van der Waals surface area contributed by atoms with Gasteiger partial charge >= 0.3 is 0 Å². The Morgan fingerprint density at radius 3 is 2.95 bits per heavy atom. The molecule has 20 heavy (non-hydrogen) atoms. The normalized spacial score (nSPS) is 20.9. The summed E-state index contributed by atoms with van der Waals surface area (Å²) in [6.07, 6.45) is 3.83. The van der Waals surface area contributed by atoms with E-state index in [1.165, 1.54) is 5.69 Å². The third-order valence-electron chi connectivity index (χ3n) is 3.75. The van der Waals surface area contributed by atoms with Gasteiger partial charge in [-0.1, -0.05) is 18.2 Å². The van der Waals surface area contributed by atoms with Crippen molar-refractivity contribution >= 4 is 5.69 Å². The second-order valence-electron chi connectivity index (χ2n) is 5.30. The highest BCUT2D eigenvalue weighted by Crippen LogP contribution is 2.31. The summed E-state index contributed by atoms with van der Waals surface area (Å²) in [4.78, 5) is 4.35. The first kappa shape index (κ1) is 13.1. The Labute approximate surface area is 119 Å². The van der Waals surface area contributed by atoms with Gasteiger partial charge in [-0.25, -0.2) is 9.67 Å². The summed E-state index contributed by atoms with van der Waals surface area (Å²) in [6.45, 7) is 4.16. The van der Waals surface area contributed by atoms with Crippen molar-refractivity contribution < 1.29 is 0 Å². The summed E-state index contributed by atoms with van der Waals surface area (Å²) >= 11 is 0. The molecule has 2 atom stereocenters. The molecule has 2 unspecified atom stereocenters. The van der Waals surface area contributed by atoms with E-state index in [0.29, 0.717) is 12.1 Å². The minimum atomic E-state index is 0.351. The lowest BCUT2D eigenvalue weighted by Gasteiger charge is -2.11. The molecule has 0 saturated carbocycles. The van der Waals surface area contributed by atoms with Crippen LogP contribution in [0.1, 0.15) is 37.7 Å². The van der Waals surface area contributed by atoms with Gasteiger partial charge in [0.2, 0.25) is 0 Å². The van der Waals surface area contributed by atoms with Gasteiger partial charge in [0.15, 0.2) is 0 Å². The van der Waals surface area contributed by atoms with Crippen molar-refractivity contribution in [3.63, 3.8) is 0 Å². The van der Waals surface area contributed by atoms with Crippen LogP contribution in [0.5, 0.6) is 0 Å². The zero-order chi connectivity index (χ0) is 13.8. The standard InChI is InChI=1S/C15H21N5/c1-12-10-14(15-18-11-19-20(12)15)17-9-5-8-16-13-6-3-2-4-7-13/h2-4,6-7,11-12,14,16-17H,5,8-10H2,1H3. The molecule has 1 aliphatic heterocycles. The molecule has 5 heteroatoms. The Morgan fingerprint density at radius 1 is 1.25 bits per heavy atom. The number of fused-ring (bicyclic) bond motifs is 1. The molecule has 0 bridgehead atoms. The summed E-state index contributed by atoms with van der Waals surface area (Å²) in [5, 5.41) is 11.3. The lowest BCUT2D eigenvalue weighted by atomic mass is 10.1. The molecule has 0 saturated heterocycles. The fourth-order valence-corrected chi connectivity index (χ4v) is 2.72. The molecule has 1 aromatic heterocycles. The van der Waals surface area contributed by atoms with E-state index in [1.54, 1.807) is 6.33 Å². The largest absolute Gasteiger partial charge is 0.385 e. The van der Waals surface area contributed by atoms with Gasteiger partial charge < -0.3 is 10.6 Å². The van der Waals surface area contributed by atoms with Crippen molar-refractivity contribution in [2.24, 2.45) is 0 Å². The summed E-state index contributed by atoms with van der Waals surface area (Å²) in [5.41, 5.74) is 1.18. The quantitative estimate of drug-likeness (QED) is 0.792. The average molecular weight is 271 g/mol. The second kappa shape index (κ2) is 6.05. The molecule has 106 valence electrons. The fourth-order valence-electron chi connectivity index (χ4n) is 2.72. The Morgan fingerprint density at radius 2 is 2.10 bits per heavy atom. The maximum atomic E-state index is 4.35. The predicted octanol–water partition coefficient (Wildman–Crippen LogP) is 2.38. The lowest BCUT2D eigenvalue weighted by molar-refractivity contribution is 0.466. The Bertz CT molecular complexity index is 536. The highest BCUT2D eigenvalue weighted by molar-refractivity contribution is 5.42. The number of anilines is 1. The minimum absolute atomic E-state index is 0.351. The summed E-state index contributed by atoms with van der Waals surface area (Å²) in [5.74, 6) is 1.08. The third kappa shape index (κ3) is 2.82. The Kier molecular flexibility index (Phi) is 3.97. The van der Waals surface area contributed by atoms with Crippen LogP contribution in [0, 0.1) is 0 Å². The lowest BCUT2D eigenvalue weighted by Crippen LogP contribution is -2.23. The third-order valence-corrected chi connectivity index (χ3v) is 3.75. The molecule has 0 radical (unpaired) electrons. The zero-order valence-corrected chi connectivity index (χ0v) is 11.8. The molecular weight excluding hydrogens is 250 g/mol. The first-order valence-electron chi connectivity index (χ1n) is 7.26. The molecule has 0 spiro atoms. The molecule has 1 aliphatic rings. The van der Waals surface area contributed by atoms with Crippen molar-refractivity contribution in [1.29, 1.82) is 0 Å². The Balaban J connectivity index is 1.39. The van der Waals surface area contributed by atoms with Gasteiger partial charge in [-0.05, 0) is 38.4 Å². The van der Waals surface area contributed by atoms with E-state index in [4.69, 9.17) is 0 Å². The van der Waals surface area contributed by atoms with Crippen molar-refractivity contribution in [3.8, 4) is 0 Å². The van der Waals surface area contributed by atoms with Crippen LogP contribution in [0.15, 0.2) is 36.7 Å². The van der Waals surface area contributed by atoms with E-state index in [0.717, 1.165) is 31.8 Å². The van der Waals surface area contributed by atoms with Gasteiger partial charge in [0, 0.05) is 12.2 Å². The fraction of sp³-hybridized carbons (Fsp3) is 0.467. The van der Waals surface area contributed by atoms with E-state index in [2.05, 4.69) is 39.8 Å². The SMILES string of the molecule is CC1CC(NCCCNc2ccccc2)c2ncnn21. The number of nitrogens with zero attached hydrogens (tertiary/aromatic N) is 3. The Hall–Kier alpha value is -1.88. The van der Waals surface area contributed by atoms with E-state index in [9.17, 15) is 0 Å². The summed E-state index contributed by atoms with van der Waals surface area (Å²) in [7, 11) is 0. The summed E-state index contributed by atoms with van der Waals surface area (Å²) in [6, 6.07) is 11.1. The molecule has 2 aromatic rings. The highest BCUT2D eigenvalue weighted by Gasteiger charge is 2.29. The monoisotopic (exact) mass is 271 g/mol. The number of nitrogens with one attached hydrogen (secondary N) is 2. The maximum absolute atomic E-state index is 4.35. The van der Waals surface area contributed by atoms with Crippen LogP contribution < -0.4 is 10.6 Å². The van der Waals surface area contributed by atoms with Gasteiger partial charge in [-0.3, -0.25) is 0 Å². The molecular formula is C15H21N5. The molecule has 2 heterocycles. The van der Waals surface area contributed by atoms with Crippen molar-refractivity contribution in [3.05, 3.63) is 42.5 Å². The van der Waals surface area contributed by atoms with Crippen LogP contribution >= 0.6 is 0 Å². The first-order valence-corrected chi connectivity index (χ1v) is 7.26. The number of para-hydroxylation sites is 1. The van der Waals surface area contributed by atoms with E-state index < -0.39 is 0 Å². The second-order valence-corrected chi connectivity index (χ2v) is 5.30. The predicted molar refractivity (Wildman–Crippen MR) is 79.6 cm³/mol. The number of hydrogen-bond acceptors (Lipinski definition) is 4. The average Bonchev–Trinajstić information content (AvgIpc) is 3.05. The van der Waals surface area contributed by atoms with E-state index >= 15 is 0 Å². The zero-order valence-electron chi connectivity index (χ0n) is 11.8. The van der Waals surface area contributed by atoms with Crippen molar-refractivity contribution in [2.75, 3.05) is 18.4 Å². The molecule has 5 nitrogen and oxygen atoms in total. The number of benzene rings is 1. The van der Waals surface area contributed by atoms with Crippen LogP contribution in [0.25, 0.3) is 0 Å². The van der Waals surface area contributed by atoms with Gasteiger partial charge in [-0.15, -0.1) is 0 Å². The van der Waals surface area contributed by atoms with Gasteiger partial charge in [0.1, 0.15) is 12.2 Å². The number of hydrogen-bond donors (Lipinski definition) is 2. The highest BCUT2D eigenvalue weighted by atomic mass is 15.4. The van der Waals surface area contributed by atoms with Crippen molar-refractivity contribution in [1.82, 2.24) is 20.1 Å². The van der Waals surface area contributed by atoms with Gasteiger partial charge in [0.25, 0.3) is 0 Å². The van der Waals surface area contributed by atoms with Crippen LogP contribution in [0.3, 0.4) is 0 Å². The van der Waals surface area contributed by atoms with Crippen LogP contribution in [0.2, 0.25) is 0 Å². The number of rotatable bonds is 6. The van der Waals surface area contributed by atoms with Crippen LogP contribution in [0.4, 0.5) is 5.69 Å². The molecule has 0 amide bonds. The molecule has 1 aromatic carbocycles. The van der Waals surface area contributed by atoms with E-state index in [-0.39, 0.29) is 0 Å². The molecule has 2 N–H and O–H groups in total. The number of aromatic nitrogens is 3. The topological polar surface area (TPSA) is 54.8 Å². The molecule has 0 fully saturated rings. The first-order chi connectivity index (χ1) is 9.84. The van der Waals surface area contributed by atoms with Gasteiger partial charge in [0.05, 0.1) is 12.1 Å². The van der Waals surface area contributed by atoms with Crippen LogP contribution in [-0.4, -0.2) is 27.9 Å². The van der Waals surface area contributed by atoms with Crippen molar-refractivity contribution in [2.45, 2.75) is 31.8 Å². The maximum Gasteiger partial charge on any atom is 0.144 e. The van der Waals surface area contributed by atoms with Gasteiger partial charge in [-0.2, -0.15) is 5.10 Å². The van der Waals surface area contributed by atoms with E-state index in [1.807, 2.05) is 22.9 Å². The summed E-state index contributed by atoms with van der Waals surface area (Å²) < 4.78 is 2.03.